The molecule has 0 fully saturated rings. The van der Waals surface area contributed by atoms with Gasteiger partial charge < -0.3 is 5.32 Å². The van der Waals surface area contributed by atoms with Gasteiger partial charge in [-0.1, -0.05) is 0 Å². The highest BCUT2D eigenvalue weighted by atomic mass is 19.4. The number of halogens is 3. The fraction of sp³-hybridized carbons (Fsp3) is 0.333. The third-order valence-corrected chi connectivity index (χ3v) is 2.49. The highest BCUT2D eigenvalue weighted by molar-refractivity contribution is 5.58. The van der Waals surface area contributed by atoms with Gasteiger partial charge in [0.05, 0.1) is 11.3 Å². The Morgan fingerprint density at radius 3 is 2.53 bits per heavy atom. The van der Waals surface area contributed by atoms with Gasteiger partial charge in [-0.15, -0.1) is 0 Å². The van der Waals surface area contributed by atoms with Crippen molar-refractivity contribution >= 4 is 5.82 Å². The van der Waals surface area contributed by atoms with Gasteiger partial charge in [0.1, 0.15) is 11.5 Å². The molecule has 0 aliphatic rings. The molecule has 0 saturated carbocycles. The van der Waals surface area contributed by atoms with E-state index in [4.69, 9.17) is 0 Å². The summed E-state index contributed by atoms with van der Waals surface area (Å²) in [6.45, 7) is 2.29. The standard InChI is InChI=1S/C12H13F3N4/c1-3-16-11-7-8(12(13,14)15)6-10(17-11)9-4-5-19(2)18-9/h4-7H,3H2,1-2H3,(H,16,17). The molecule has 2 rings (SSSR count). The molecule has 1 N–H and O–H groups in total. The van der Waals surface area contributed by atoms with Gasteiger partial charge in [-0.3, -0.25) is 4.68 Å². The van der Waals surface area contributed by atoms with E-state index in [2.05, 4.69) is 15.4 Å². The van der Waals surface area contributed by atoms with E-state index in [1.54, 1.807) is 26.2 Å². The summed E-state index contributed by atoms with van der Waals surface area (Å²) >= 11 is 0. The van der Waals surface area contributed by atoms with Gasteiger partial charge in [-0.25, -0.2) is 4.98 Å². The second kappa shape index (κ2) is 4.91. The SMILES string of the molecule is CCNc1cc(C(F)(F)F)cc(-c2ccn(C)n2)n1. The fourth-order valence-corrected chi connectivity index (χ4v) is 1.65. The van der Waals surface area contributed by atoms with Crippen LogP contribution in [0.3, 0.4) is 0 Å². The van der Waals surface area contributed by atoms with Crippen molar-refractivity contribution < 1.29 is 13.2 Å². The van der Waals surface area contributed by atoms with Gasteiger partial charge in [0.2, 0.25) is 0 Å². The van der Waals surface area contributed by atoms with Crippen LogP contribution in [0.2, 0.25) is 0 Å². The molecule has 4 nitrogen and oxygen atoms in total. The number of pyridine rings is 1. The maximum atomic E-state index is 12.8. The Morgan fingerprint density at radius 2 is 2.00 bits per heavy atom. The Balaban J connectivity index is 2.51. The highest BCUT2D eigenvalue weighted by Crippen LogP contribution is 2.32. The summed E-state index contributed by atoms with van der Waals surface area (Å²) < 4.78 is 40.0. The lowest BCUT2D eigenvalue weighted by molar-refractivity contribution is -0.137. The smallest absolute Gasteiger partial charge is 0.370 e. The Morgan fingerprint density at radius 1 is 1.26 bits per heavy atom. The normalized spacial score (nSPS) is 11.6. The number of nitrogens with zero attached hydrogens (tertiary/aromatic N) is 3. The molecule has 0 unspecified atom stereocenters. The molecular weight excluding hydrogens is 257 g/mol. The van der Waals surface area contributed by atoms with Crippen LogP contribution >= 0.6 is 0 Å². The van der Waals surface area contributed by atoms with Gasteiger partial charge in [-0.2, -0.15) is 18.3 Å². The molecule has 0 amide bonds. The molecule has 2 heterocycles. The number of hydrogen-bond donors (Lipinski definition) is 1. The van der Waals surface area contributed by atoms with Crippen LogP contribution in [0.4, 0.5) is 19.0 Å². The van der Waals surface area contributed by atoms with E-state index in [0.29, 0.717) is 12.2 Å². The number of anilines is 1. The van der Waals surface area contributed by atoms with Gasteiger partial charge in [0.15, 0.2) is 0 Å². The maximum Gasteiger partial charge on any atom is 0.416 e. The van der Waals surface area contributed by atoms with Crippen LogP contribution in [0.25, 0.3) is 11.4 Å². The monoisotopic (exact) mass is 270 g/mol. The summed E-state index contributed by atoms with van der Waals surface area (Å²) in [6, 6.07) is 3.62. The molecule has 0 saturated heterocycles. The van der Waals surface area contributed by atoms with E-state index in [0.717, 1.165) is 12.1 Å². The molecule has 0 atom stereocenters. The largest absolute Gasteiger partial charge is 0.416 e. The van der Waals surface area contributed by atoms with Gasteiger partial charge >= 0.3 is 6.18 Å². The van der Waals surface area contributed by atoms with E-state index in [-0.39, 0.29) is 11.5 Å². The first kappa shape index (κ1) is 13.4. The summed E-state index contributed by atoms with van der Waals surface area (Å²) in [5.74, 6) is 0.193. The predicted octanol–water partition coefficient (Wildman–Crippen LogP) is 2.93. The lowest BCUT2D eigenvalue weighted by Crippen LogP contribution is -2.09. The molecule has 19 heavy (non-hydrogen) atoms. The number of aromatic nitrogens is 3. The zero-order valence-corrected chi connectivity index (χ0v) is 10.5. The van der Waals surface area contributed by atoms with Gasteiger partial charge in [0, 0.05) is 19.8 Å². The quantitative estimate of drug-likeness (QED) is 0.932. The molecular formula is C12H13F3N4. The van der Waals surface area contributed by atoms with Crippen LogP contribution in [0.5, 0.6) is 0 Å². The third kappa shape index (κ3) is 3.04. The lowest BCUT2D eigenvalue weighted by Gasteiger charge is -2.11. The molecule has 0 radical (unpaired) electrons. The molecule has 0 aliphatic carbocycles. The minimum atomic E-state index is -4.41. The second-order valence-electron chi connectivity index (χ2n) is 4.03. The molecule has 102 valence electrons. The Kier molecular flexibility index (Phi) is 3.46. The highest BCUT2D eigenvalue weighted by Gasteiger charge is 2.31. The van der Waals surface area contributed by atoms with E-state index < -0.39 is 11.7 Å². The van der Waals surface area contributed by atoms with Crippen LogP contribution in [0.15, 0.2) is 24.4 Å². The molecule has 0 spiro atoms. The van der Waals surface area contributed by atoms with Crippen molar-refractivity contribution in [3.8, 4) is 11.4 Å². The number of aryl methyl sites for hydroxylation is 1. The fourth-order valence-electron chi connectivity index (χ4n) is 1.65. The average Bonchev–Trinajstić information content (AvgIpc) is 2.75. The molecule has 0 aliphatic heterocycles. The molecule has 0 bridgehead atoms. The second-order valence-corrected chi connectivity index (χ2v) is 4.03. The van der Waals surface area contributed by atoms with Crippen molar-refractivity contribution in [3.05, 3.63) is 30.0 Å². The average molecular weight is 270 g/mol. The lowest BCUT2D eigenvalue weighted by atomic mass is 10.2. The predicted molar refractivity (Wildman–Crippen MR) is 65.6 cm³/mol. The molecule has 7 heteroatoms. The van der Waals surface area contributed by atoms with Crippen LogP contribution in [-0.2, 0) is 13.2 Å². The van der Waals surface area contributed by atoms with Gasteiger partial charge in [0.25, 0.3) is 0 Å². The minimum Gasteiger partial charge on any atom is -0.370 e. The van der Waals surface area contributed by atoms with E-state index >= 15 is 0 Å². The third-order valence-electron chi connectivity index (χ3n) is 2.49. The van der Waals surface area contributed by atoms with Crippen molar-refractivity contribution in [2.24, 2.45) is 7.05 Å². The first-order valence-electron chi connectivity index (χ1n) is 5.73. The summed E-state index contributed by atoms with van der Waals surface area (Å²) in [5.41, 5.74) is -0.127. The van der Waals surface area contributed by atoms with Crippen molar-refractivity contribution in [3.63, 3.8) is 0 Å². The zero-order valence-electron chi connectivity index (χ0n) is 10.5. The maximum absolute atomic E-state index is 12.8. The van der Waals surface area contributed by atoms with Crippen LogP contribution in [0.1, 0.15) is 12.5 Å². The summed E-state index contributed by atoms with van der Waals surface area (Å²) in [5, 5.41) is 6.86. The topological polar surface area (TPSA) is 42.7 Å². The molecule has 0 aromatic carbocycles. The van der Waals surface area contributed by atoms with Crippen molar-refractivity contribution in [1.82, 2.24) is 14.8 Å². The summed E-state index contributed by atoms with van der Waals surface area (Å²) in [7, 11) is 1.70. The first-order chi connectivity index (χ1) is 8.90. The van der Waals surface area contributed by atoms with Crippen LogP contribution < -0.4 is 5.32 Å². The number of hydrogen-bond acceptors (Lipinski definition) is 3. The van der Waals surface area contributed by atoms with Crippen molar-refractivity contribution in [2.75, 3.05) is 11.9 Å². The number of nitrogens with one attached hydrogen (secondary N) is 1. The summed E-state index contributed by atoms with van der Waals surface area (Å²) in [6.07, 6.45) is -2.75. The van der Waals surface area contributed by atoms with Crippen LogP contribution in [0, 0.1) is 0 Å². The molecule has 2 aromatic rings. The Hall–Kier alpha value is -2.05. The Bertz CT molecular complexity index is 575. The number of rotatable bonds is 3. The summed E-state index contributed by atoms with van der Waals surface area (Å²) in [4.78, 5) is 4.13. The van der Waals surface area contributed by atoms with E-state index in [9.17, 15) is 13.2 Å². The van der Waals surface area contributed by atoms with Crippen molar-refractivity contribution in [2.45, 2.75) is 13.1 Å². The van der Waals surface area contributed by atoms with E-state index in [1.807, 2.05) is 0 Å². The zero-order chi connectivity index (χ0) is 14.0. The Labute approximate surface area is 108 Å². The van der Waals surface area contributed by atoms with Crippen molar-refractivity contribution in [1.29, 1.82) is 0 Å². The van der Waals surface area contributed by atoms with E-state index in [1.165, 1.54) is 4.68 Å². The van der Waals surface area contributed by atoms with Gasteiger partial charge in [-0.05, 0) is 25.1 Å². The minimum absolute atomic E-state index is 0.193. The number of alkyl halides is 3. The molecule has 2 aromatic heterocycles. The first-order valence-corrected chi connectivity index (χ1v) is 5.73. The van der Waals surface area contributed by atoms with Crippen LogP contribution in [-0.4, -0.2) is 21.3 Å².